The molecule has 0 saturated carbocycles. The standard InChI is InChI=1S/C24H34N4O4.HI/c1-18(2)17-30-12-5-11-26-24(27-16-19-7-4-10-25-23(19)29-3)28-20-8-9-21-22(15-20)32-14-6-13-31-21;/h4,7-10,15,18H,5-6,11-14,16-17H2,1-3H3,(H2,26,27,28);1H. The third-order valence-corrected chi connectivity index (χ3v) is 4.67. The normalized spacial score (nSPS) is 13.2. The van der Waals surface area contributed by atoms with Crippen LogP contribution in [0.15, 0.2) is 41.5 Å². The minimum atomic E-state index is 0. The molecule has 0 fully saturated rings. The first-order valence-electron chi connectivity index (χ1n) is 11.2. The van der Waals surface area contributed by atoms with E-state index in [0.29, 0.717) is 44.1 Å². The van der Waals surface area contributed by atoms with Gasteiger partial charge in [0.1, 0.15) is 0 Å². The van der Waals surface area contributed by atoms with Gasteiger partial charge in [-0.25, -0.2) is 9.98 Å². The van der Waals surface area contributed by atoms with Crippen molar-refractivity contribution in [1.29, 1.82) is 0 Å². The van der Waals surface area contributed by atoms with E-state index >= 15 is 0 Å². The van der Waals surface area contributed by atoms with Gasteiger partial charge < -0.3 is 29.6 Å². The molecule has 1 aliphatic rings. The average Bonchev–Trinajstić information content (AvgIpc) is 3.04. The van der Waals surface area contributed by atoms with Crippen LogP contribution in [0.3, 0.4) is 0 Å². The molecule has 0 aliphatic carbocycles. The molecule has 182 valence electrons. The Balaban J connectivity index is 0.00000385. The van der Waals surface area contributed by atoms with Crippen molar-refractivity contribution in [3.8, 4) is 17.4 Å². The number of fused-ring (bicyclic) bond motifs is 1. The quantitative estimate of drug-likeness (QED) is 0.189. The lowest BCUT2D eigenvalue weighted by atomic mass is 10.2. The fourth-order valence-electron chi connectivity index (χ4n) is 3.11. The number of rotatable bonds is 10. The van der Waals surface area contributed by atoms with Crippen molar-refractivity contribution in [3.63, 3.8) is 0 Å². The van der Waals surface area contributed by atoms with Crippen molar-refractivity contribution in [2.24, 2.45) is 10.9 Å². The summed E-state index contributed by atoms with van der Waals surface area (Å²) in [5, 5.41) is 6.75. The van der Waals surface area contributed by atoms with Crippen LogP contribution in [0.5, 0.6) is 17.4 Å². The maximum atomic E-state index is 5.81. The average molecular weight is 570 g/mol. The highest BCUT2D eigenvalue weighted by Crippen LogP contribution is 2.32. The fraction of sp³-hybridized carbons (Fsp3) is 0.500. The Morgan fingerprint density at radius 1 is 1.18 bits per heavy atom. The maximum Gasteiger partial charge on any atom is 0.218 e. The van der Waals surface area contributed by atoms with Crippen LogP contribution < -0.4 is 24.8 Å². The van der Waals surface area contributed by atoms with E-state index in [1.165, 1.54) is 0 Å². The van der Waals surface area contributed by atoms with Crippen molar-refractivity contribution >= 4 is 35.6 Å². The zero-order chi connectivity index (χ0) is 22.6. The van der Waals surface area contributed by atoms with Gasteiger partial charge in [0, 0.05) is 49.7 Å². The number of anilines is 1. The molecule has 0 spiro atoms. The van der Waals surface area contributed by atoms with Crippen molar-refractivity contribution in [2.45, 2.75) is 33.2 Å². The second-order valence-electron chi connectivity index (χ2n) is 7.92. The predicted molar refractivity (Wildman–Crippen MR) is 141 cm³/mol. The van der Waals surface area contributed by atoms with Crippen LogP contribution >= 0.6 is 24.0 Å². The molecule has 1 aliphatic heterocycles. The molecule has 8 nitrogen and oxygen atoms in total. The van der Waals surface area contributed by atoms with Crippen molar-refractivity contribution in [2.75, 3.05) is 45.4 Å². The van der Waals surface area contributed by atoms with Crippen LogP contribution in [0, 0.1) is 5.92 Å². The summed E-state index contributed by atoms with van der Waals surface area (Å²) in [5.74, 6) is 3.28. The number of hydrogen-bond acceptors (Lipinski definition) is 6. The van der Waals surface area contributed by atoms with Crippen LogP contribution in [0.2, 0.25) is 0 Å². The first-order valence-corrected chi connectivity index (χ1v) is 11.2. The predicted octanol–water partition coefficient (Wildman–Crippen LogP) is 4.49. The number of guanidine groups is 1. The van der Waals surface area contributed by atoms with Crippen LogP contribution in [-0.4, -0.2) is 51.0 Å². The summed E-state index contributed by atoms with van der Waals surface area (Å²) in [4.78, 5) is 8.98. The summed E-state index contributed by atoms with van der Waals surface area (Å²) in [7, 11) is 1.61. The lowest BCUT2D eigenvalue weighted by molar-refractivity contribution is 0.108. The molecule has 2 heterocycles. The Hall–Kier alpha value is -2.27. The van der Waals surface area contributed by atoms with Crippen molar-refractivity contribution in [1.82, 2.24) is 10.3 Å². The zero-order valence-corrected chi connectivity index (χ0v) is 22.0. The Morgan fingerprint density at radius 2 is 2.00 bits per heavy atom. The van der Waals surface area contributed by atoms with E-state index in [1.807, 2.05) is 30.3 Å². The number of methoxy groups -OCH3 is 1. The molecule has 0 bridgehead atoms. The lowest BCUT2D eigenvalue weighted by Gasteiger charge is -2.15. The van der Waals surface area contributed by atoms with Crippen LogP contribution in [-0.2, 0) is 11.3 Å². The molecule has 33 heavy (non-hydrogen) atoms. The Labute approximate surface area is 213 Å². The second kappa shape index (κ2) is 14.8. The number of nitrogens with zero attached hydrogens (tertiary/aromatic N) is 2. The Bertz CT molecular complexity index is 879. The van der Waals surface area contributed by atoms with Gasteiger partial charge in [-0.3, -0.25) is 0 Å². The van der Waals surface area contributed by atoms with Gasteiger partial charge in [0.05, 0.1) is 26.9 Å². The Kier molecular flexibility index (Phi) is 12.1. The van der Waals surface area contributed by atoms with E-state index in [-0.39, 0.29) is 24.0 Å². The van der Waals surface area contributed by atoms with Crippen LogP contribution in [0.4, 0.5) is 5.69 Å². The molecule has 2 aromatic rings. The van der Waals surface area contributed by atoms with Gasteiger partial charge in [-0.1, -0.05) is 19.9 Å². The number of hydrogen-bond donors (Lipinski definition) is 2. The summed E-state index contributed by atoms with van der Waals surface area (Å²) in [6.07, 6.45) is 3.46. The summed E-state index contributed by atoms with van der Waals surface area (Å²) in [6.45, 7) is 8.26. The minimum Gasteiger partial charge on any atom is -0.490 e. The molecule has 0 radical (unpaired) electrons. The zero-order valence-electron chi connectivity index (χ0n) is 19.6. The van der Waals surface area contributed by atoms with E-state index in [4.69, 9.17) is 23.9 Å². The highest BCUT2D eigenvalue weighted by molar-refractivity contribution is 14.0. The lowest BCUT2D eigenvalue weighted by Crippen LogP contribution is -2.32. The first-order chi connectivity index (χ1) is 15.7. The highest BCUT2D eigenvalue weighted by Gasteiger charge is 2.12. The molecule has 3 rings (SSSR count). The van der Waals surface area contributed by atoms with Crippen molar-refractivity contribution in [3.05, 3.63) is 42.1 Å². The maximum absolute atomic E-state index is 5.81. The topological polar surface area (TPSA) is 86.2 Å². The molecule has 0 amide bonds. The monoisotopic (exact) mass is 570 g/mol. The van der Waals surface area contributed by atoms with Gasteiger partial charge in [-0.15, -0.1) is 24.0 Å². The van der Waals surface area contributed by atoms with Gasteiger partial charge in [0.2, 0.25) is 5.88 Å². The third-order valence-electron chi connectivity index (χ3n) is 4.67. The molecular weight excluding hydrogens is 535 g/mol. The number of pyridine rings is 1. The van der Waals surface area contributed by atoms with E-state index in [0.717, 1.165) is 48.7 Å². The molecule has 1 aromatic heterocycles. The van der Waals surface area contributed by atoms with E-state index in [2.05, 4.69) is 29.5 Å². The van der Waals surface area contributed by atoms with Gasteiger partial charge in [0.25, 0.3) is 0 Å². The molecule has 0 saturated heterocycles. The number of halogens is 1. The summed E-state index contributed by atoms with van der Waals surface area (Å²) in [6, 6.07) is 9.66. The van der Waals surface area contributed by atoms with Gasteiger partial charge >= 0.3 is 0 Å². The number of benzene rings is 1. The van der Waals surface area contributed by atoms with E-state index in [1.54, 1.807) is 13.3 Å². The SMILES string of the molecule is COc1ncccc1CN=C(NCCCOCC(C)C)Nc1ccc2c(c1)OCCCO2.I. The van der Waals surface area contributed by atoms with Gasteiger partial charge in [-0.05, 0) is 30.5 Å². The smallest absolute Gasteiger partial charge is 0.218 e. The molecule has 0 unspecified atom stereocenters. The van der Waals surface area contributed by atoms with E-state index in [9.17, 15) is 0 Å². The summed E-state index contributed by atoms with van der Waals surface area (Å²) >= 11 is 0. The van der Waals surface area contributed by atoms with Crippen LogP contribution in [0.25, 0.3) is 0 Å². The third kappa shape index (κ3) is 9.24. The Morgan fingerprint density at radius 3 is 2.79 bits per heavy atom. The molecule has 9 heteroatoms. The van der Waals surface area contributed by atoms with Crippen molar-refractivity contribution < 1.29 is 18.9 Å². The van der Waals surface area contributed by atoms with E-state index < -0.39 is 0 Å². The number of nitrogens with one attached hydrogen (secondary N) is 2. The fourth-order valence-corrected chi connectivity index (χ4v) is 3.11. The largest absolute Gasteiger partial charge is 0.490 e. The van der Waals surface area contributed by atoms with Gasteiger partial charge in [0.15, 0.2) is 17.5 Å². The summed E-state index contributed by atoms with van der Waals surface area (Å²) in [5.41, 5.74) is 1.78. The summed E-state index contributed by atoms with van der Waals surface area (Å²) < 4.78 is 22.6. The number of aliphatic imine (C=N–C) groups is 1. The first kappa shape index (κ1) is 27.0. The minimum absolute atomic E-state index is 0. The highest BCUT2D eigenvalue weighted by atomic mass is 127. The molecule has 2 N–H and O–H groups in total. The van der Waals surface area contributed by atoms with Crippen LogP contribution in [0.1, 0.15) is 32.3 Å². The molecular formula is C24H35IN4O4. The number of ether oxygens (including phenoxy) is 4. The molecule has 1 aromatic carbocycles. The molecule has 0 atom stereocenters. The second-order valence-corrected chi connectivity index (χ2v) is 7.92. The van der Waals surface area contributed by atoms with Gasteiger partial charge in [-0.2, -0.15) is 0 Å². The number of aromatic nitrogens is 1.